The number of rotatable bonds is 15. The maximum atomic E-state index is 9.89. The SMILES string of the molecule is CCC(CC(C)(C)CC(C)O)C(C)CC(C)(C)C(C)(C)CC=C(C)CC(C)(C)CCO. The quantitative estimate of drug-likeness (QED) is 0.252. The lowest BCUT2D eigenvalue weighted by Crippen LogP contribution is -2.36. The van der Waals surface area contributed by atoms with E-state index in [4.69, 9.17) is 0 Å². The highest BCUT2D eigenvalue weighted by atomic mass is 16.3. The Kier molecular flexibility index (Phi) is 12.1. The lowest BCUT2D eigenvalue weighted by atomic mass is 9.60. The van der Waals surface area contributed by atoms with Crippen molar-refractivity contribution in [1.82, 2.24) is 0 Å². The first-order valence-electron chi connectivity index (χ1n) is 12.8. The van der Waals surface area contributed by atoms with Crippen molar-refractivity contribution in [2.45, 2.75) is 134 Å². The number of hydrogen-bond donors (Lipinski definition) is 2. The van der Waals surface area contributed by atoms with Crippen molar-refractivity contribution in [3.05, 3.63) is 11.6 Å². The van der Waals surface area contributed by atoms with Crippen LogP contribution in [0, 0.1) is 33.5 Å². The molecular weight excluding hydrogens is 380 g/mol. The fraction of sp³-hybridized carbons (Fsp3) is 0.931. The van der Waals surface area contributed by atoms with E-state index in [0.717, 1.165) is 25.7 Å². The van der Waals surface area contributed by atoms with Gasteiger partial charge in [0.05, 0.1) is 6.10 Å². The van der Waals surface area contributed by atoms with Crippen LogP contribution in [-0.2, 0) is 0 Å². The summed E-state index contributed by atoms with van der Waals surface area (Å²) in [6, 6.07) is 0. The molecule has 2 nitrogen and oxygen atoms in total. The molecule has 0 heterocycles. The van der Waals surface area contributed by atoms with E-state index in [9.17, 15) is 10.2 Å². The molecule has 0 amide bonds. The van der Waals surface area contributed by atoms with Crippen molar-refractivity contribution in [3.63, 3.8) is 0 Å². The first-order valence-corrected chi connectivity index (χ1v) is 12.8. The van der Waals surface area contributed by atoms with Gasteiger partial charge in [-0.2, -0.15) is 0 Å². The third-order valence-electron chi connectivity index (χ3n) is 8.16. The summed E-state index contributed by atoms with van der Waals surface area (Å²) in [6.45, 7) is 28.1. The molecule has 3 atom stereocenters. The van der Waals surface area contributed by atoms with E-state index < -0.39 is 0 Å². The van der Waals surface area contributed by atoms with Crippen LogP contribution in [0.25, 0.3) is 0 Å². The molecule has 0 aliphatic carbocycles. The second-order valence-corrected chi connectivity index (χ2v) is 13.6. The maximum absolute atomic E-state index is 9.89. The van der Waals surface area contributed by atoms with E-state index in [0.29, 0.717) is 11.8 Å². The maximum Gasteiger partial charge on any atom is 0.0517 e. The second kappa shape index (κ2) is 12.2. The average Bonchev–Trinajstić information content (AvgIpc) is 2.55. The van der Waals surface area contributed by atoms with Gasteiger partial charge in [-0.1, -0.05) is 87.3 Å². The summed E-state index contributed by atoms with van der Waals surface area (Å²) < 4.78 is 0. The van der Waals surface area contributed by atoms with Gasteiger partial charge in [-0.25, -0.2) is 0 Å². The zero-order chi connectivity index (χ0) is 24.7. The fourth-order valence-corrected chi connectivity index (χ4v) is 5.51. The number of allylic oxidation sites excluding steroid dienone is 2. The highest BCUT2D eigenvalue weighted by Gasteiger charge is 2.39. The predicted octanol–water partition coefficient (Wildman–Crippen LogP) is 8.41. The molecule has 186 valence electrons. The van der Waals surface area contributed by atoms with Crippen molar-refractivity contribution >= 4 is 0 Å². The summed E-state index contributed by atoms with van der Waals surface area (Å²) in [5, 5.41) is 19.2. The largest absolute Gasteiger partial charge is 0.396 e. The van der Waals surface area contributed by atoms with Gasteiger partial charge in [0.15, 0.2) is 0 Å². The van der Waals surface area contributed by atoms with Crippen molar-refractivity contribution in [2.75, 3.05) is 6.61 Å². The molecule has 0 spiro atoms. The lowest BCUT2D eigenvalue weighted by molar-refractivity contribution is 0.0531. The molecule has 0 bridgehead atoms. The van der Waals surface area contributed by atoms with Crippen molar-refractivity contribution < 1.29 is 10.2 Å². The van der Waals surface area contributed by atoms with Gasteiger partial charge >= 0.3 is 0 Å². The van der Waals surface area contributed by atoms with E-state index in [2.05, 4.69) is 82.2 Å². The van der Waals surface area contributed by atoms with Gasteiger partial charge in [-0.3, -0.25) is 0 Å². The van der Waals surface area contributed by atoms with Crippen LogP contribution < -0.4 is 0 Å². The number of aliphatic hydroxyl groups is 2. The molecule has 0 saturated carbocycles. The smallest absolute Gasteiger partial charge is 0.0517 e. The molecule has 0 fully saturated rings. The Morgan fingerprint density at radius 3 is 1.84 bits per heavy atom. The Morgan fingerprint density at radius 2 is 1.39 bits per heavy atom. The molecule has 0 radical (unpaired) electrons. The summed E-state index contributed by atoms with van der Waals surface area (Å²) in [4.78, 5) is 0. The normalized spacial score (nSPS) is 17.5. The Bertz CT molecular complexity index is 537. The van der Waals surface area contributed by atoms with Crippen LogP contribution in [0.2, 0.25) is 0 Å². The fourth-order valence-electron chi connectivity index (χ4n) is 5.51. The highest BCUT2D eigenvalue weighted by Crippen LogP contribution is 2.48. The molecule has 0 aliphatic rings. The third kappa shape index (κ3) is 11.4. The minimum atomic E-state index is -0.226. The lowest BCUT2D eigenvalue weighted by Gasteiger charge is -2.45. The van der Waals surface area contributed by atoms with Crippen LogP contribution in [0.1, 0.15) is 128 Å². The Balaban J connectivity index is 5.18. The van der Waals surface area contributed by atoms with Gasteiger partial charge < -0.3 is 10.2 Å². The van der Waals surface area contributed by atoms with Gasteiger partial charge in [0.1, 0.15) is 0 Å². The molecule has 0 aromatic carbocycles. The van der Waals surface area contributed by atoms with Gasteiger partial charge in [0, 0.05) is 6.61 Å². The van der Waals surface area contributed by atoms with Gasteiger partial charge in [0.2, 0.25) is 0 Å². The zero-order valence-electron chi connectivity index (χ0n) is 23.4. The van der Waals surface area contributed by atoms with Crippen LogP contribution in [0.4, 0.5) is 0 Å². The zero-order valence-corrected chi connectivity index (χ0v) is 23.4. The standard InChI is InChI=1S/C29H58O2/c1-13-25(21-27(7,8)20-24(4)31)23(3)19-29(11,12)28(9,10)15-14-22(2)18-26(5,6)16-17-30/h14,23-25,30-31H,13,15-21H2,1-12H3. The molecule has 0 rings (SSSR count). The summed E-state index contributed by atoms with van der Waals surface area (Å²) in [7, 11) is 0. The minimum Gasteiger partial charge on any atom is -0.396 e. The molecule has 3 unspecified atom stereocenters. The highest BCUT2D eigenvalue weighted by molar-refractivity contribution is 5.05. The summed E-state index contributed by atoms with van der Waals surface area (Å²) in [5.74, 6) is 1.36. The van der Waals surface area contributed by atoms with Crippen molar-refractivity contribution in [3.8, 4) is 0 Å². The molecular formula is C29H58O2. The van der Waals surface area contributed by atoms with Crippen molar-refractivity contribution in [1.29, 1.82) is 0 Å². The summed E-state index contributed by atoms with van der Waals surface area (Å²) in [6.07, 6.45) is 9.73. The topological polar surface area (TPSA) is 40.5 Å². The van der Waals surface area contributed by atoms with Crippen LogP contribution in [-0.4, -0.2) is 22.9 Å². The molecule has 2 heteroatoms. The first-order chi connectivity index (χ1) is 13.9. The predicted molar refractivity (Wildman–Crippen MR) is 138 cm³/mol. The first kappa shape index (κ1) is 30.7. The Morgan fingerprint density at radius 1 is 0.839 bits per heavy atom. The second-order valence-electron chi connectivity index (χ2n) is 13.6. The molecule has 31 heavy (non-hydrogen) atoms. The van der Waals surface area contributed by atoms with Crippen LogP contribution in [0.3, 0.4) is 0 Å². The molecule has 0 aromatic heterocycles. The molecule has 0 saturated heterocycles. The van der Waals surface area contributed by atoms with Crippen LogP contribution in [0.15, 0.2) is 11.6 Å². The Labute approximate surface area is 196 Å². The molecule has 0 aliphatic heterocycles. The van der Waals surface area contributed by atoms with E-state index in [1.807, 2.05) is 6.92 Å². The summed E-state index contributed by atoms with van der Waals surface area (Å²) in [5.41, 5.74) is 2.25. The Hall–Kier alpha value is -0.340. The molecule has 2 N–H and O–H groups in total. The van der Waals surface area contributed by atoms with E-state index in [1.54, 1.807) is 0 Å². The molecule has 0 aromatic rings. The van der Waals surface area contributed by atoms with Crippen LogP contribution >= 0.6 is 0 Å². The van der Waals surface area contributed by atoms with Gasteiger partial charge in [0.25, 0.3) is 0 Å². The van der Waals surface area contributed by atoms with E-state index >= 15 is 0 Å². The van der Waals surface area contributed by atoms with Gasteiger partial charge in [-0.15, -0.1) is 0 Å². The van der Waals surface area contributed by atoms with Crippen molar-refractivity contribution in [2.24, 2.45) is 33.5 Å². The van der Waals surface area contributed by atoms with Gasteiger partial charge in [-0.05, 0) is 85.9 Å². The number of aliphatic hydroxyl groups excluding tert-OH is 2. The number of hydrogen-bond acceptors (Lipinski definition) is 2. The third-order valence-corrected chi connectivity index (χ3v) is 8.16. The average molecular weight is 439 g/mol. The van der Waals surface area contributed by atoms with E-state index in [-0.39, 0.29) is 34.4 Å². The van der Waals surface area contributed by atoms with Crippen LogP contribution in [0.5, 0.6) is 0 Å². The summed E-state index contributed by atoms with van der Waals surface area (Å²) >= 11 is 0. The monoisotopic (exact) mass is 438 g/mol. The van der Waals surface area contributed by atoms with E-state index in [1.165, 1.54) is 24.8 Å². The minimum absolute atomic E-state index is 0.163.